The van der Waals surface area contributed by atoms with Crippen molar-refractivity contribution in [3.05, 3.63) is 33.4 Å². The van der Waals surface area contributed by atoms with Crippen molar-refractivity contribution in [3.63, 3.8) is 0 Å². The molecule has 8 atom stereocenters. The van der Waals surface area contributed by atoms with Gasteiger partial charge in [0.2, 0.25) is 0 Å². The average Bonchev–Trinajstić information content (AvgIpc) is 2.66. The highest BCUT2D eigenvalue weighted by Gasteiger charge is 2.44. The SMILES string of the molecule is O[C@@H]1[C@@H](O)[C@H](O[C@@H]2CO[C@@H](SCc3ccccc3I)[C@H](O)[C@H]2O)OC[C@H]1O. The lowest BCUT2D eigenvalue weighted by atomic mass is 10.0. The van der Waals surface area contributed by atoms with Crippen molar-refractivity contribution >= 4 is 34.4 Å². The number of thioether (sulfide) groups is 1. The van der Waals surface area contributed by atoms with E-state index in [1.165, 1.54) is 11.8 Å². The molecular formula is C17H23IO8S. The normalized spacial score (nSPS) is 40.1. The Kier molecular flexibility index (Phi) is 7.75. The van der Waals surface area contributed by atoms with Crippen LogP contribution in [0.2, 0.25) is 0 Å². The number of halogens is 1. The van der Waals surface area contributed by atoms with Crippen LogP contribution in [-0.4, -0.2) is 87.1 Å². The Morgan fingerprint density at radius 1 is 0.963 bits per heavy atom. The minimum absolute atomic E-state index is 0.00694. The highest BCUT2D eigenvalue weighted by molar-refractivity contribution is 14.1. The first-order valence-corrected chi connectivity index (χ1v) is 10.6. The molecule has 0 spiro atoms. The Hall–Kier alpha value is -0.0200. The van der Waals surface area contributed by atoms with Crippen LogP contribution in [0.1, 0.15) is 5.56 Å². The van der Waals surface area contributed by atoms with Crippen LogP contribution in [-0.2, 0) is 20.0 Å². The van der Waals surface area contributed by atoms with E-state index >= 15 is 0 Å². The third kappa shape index (κ3) is 5.13. The Morgan fingerprint density at radius 3 is 2.44 bits per heavy atom. The summed E-state index contributed by atoms with van der Waals surface area (Å²) in [5.41, 5.74) is 0.485. The van der Waals surface area contributed by atoms with Crippen LogP contribution in [0.4, 0.5) is 0 Å². The molecule has 27 heavy (non-hydrogen) atoms. The summed E-state index contributed by atoms with van der Waals surface area (Å²) in [4.78, 5) is 0. The quantitative estimate of drug-likeness (QED) is 0.328. The minimum atomic E-state index is -1.47. The molecule has 10 heteroatoms. The molecule has 0 aromatic heterocycles. The standard InChI is InChI=1S/C17H23IO8S/c18-9-4-2-1-3-8(9)7-27-17-15(23)13(21)11(6-25-17)26-16-14(22)12(20)10(19)5-24-16/h1-4,10-17,19-23H,5-7H2/t10-,11-,12+,13+,14-,15-,16+,17+/m1/s1. The fraction of sp³-hybridized carbons (Fsp3) is 0.647. The second-order valence-electron chi connectivity index (χ2n) is 6.51. The molecule has 5 N–H and O–H groups in total. The van der Waals surface area contributed by atoms with Crippen LogP contribution in [0, 0.1) is 3.57 Å². The van der Waals surface area contributed by atoms with E-state index in [-0.39, 0.29) is 13.2 Å². The molecule has 0 saturated carbocycles. The van der Waals surface area contributed by atoms with Crippen molar-refractivity contribution in [1.82, 2.24) is 0 Å². The summed E-state index contributed by atoms with van der Waals surface area (Å²) in [5, 5.41) is 49.8. The van der Waals surface area contributed by atoms with Crippen LogP contribution >= 0.6 is 34.4 Å². The van der Waals surface area contributed by atoms with Crippen LogP contribution in [0.5, 0.6) is 0 Å². The highest BCUT2D eigenvalue weighted by Crippen LogP contribution is 2.31. The molecule has 0 unspecified atom stereocenters. The maximum absolute atomic E-state index is 10.4. The van der Waals surface area contributed by atoms with E-state index in [1.807, 2.05) is 24.3 Å². The largest absolute Gasteiger partial charge is 0.388 e. The van der Waals surface area contributed by atoms with E-state index < -0.39 is 48.3 Å². The van der Waals surface area contributed by atoms with Gasteiger partial charge in [-0.05, 0) is 34.2 Å². The number of benzene rings is 1. The van der Waals surface area contributed by atoms with Gasteiger partial charge in [-0.3, -0.25) is 0 Å². The maximum Gasteiger partial charge on any atom is 0.186 e. The third-order valence-electron chi connectivity index (χ3n) is 4.56. The Balaban J connectivity index is 1.53. The molecule has 1 aromatic carbocycles. The zero-order valence-corrected chi connectivity index (χ0v) is 17.3. The minimum Gasteiger partial charge on any atom is -0.388 e. The predicted octanol–water partition coefficient (Wildman–Crippen LogP) is -0.573. The van der Waals surface area contributed by atoms with Gasteiger partial charge in [0.25, 0.3) is 0 Å². The molecule has 2 aliphatic heterocycles. The highest BCUT2D eigenvalue weighted by atomic mass is 127. The molecule has 2 saturated heterocycles. The summed E-state index contributed by atoms with van der Waals surface area (Å²) in [6, 6.07) is 7.88. The van der Waals surface area contributed by atoms with Crippen molar-refractivity contribution in [3.8, 4) is 0 Å². The fourth-order valence-electron chi connectivity index (χ4n) is 2.89. The van der Waals surface area contributed by atoms with Gasteiger partial charge in [0.15, 0.2) is 6.29 Å². The first-order valence-electron chi connectivity index (χ1n) is 8.52. The van der Waals surface area contributed by atoms with E-state index in [2.05, 4.69) is 22.6 Å². The predicted molar refractivity (Wildman–Crippen MR) is 105 cm³/mol. The summed E-state index contributed by atoms with van der Waals surface area (Å²) in [6.45, 7) is -0.212. The molecule has 8 nitrogen and oxygen atoms in total. The fourth-order valence-corrected chi connectivity index (χ4v) is 4.86. The van der Waals surface area contributed by atoms with Gasteiger partial charge >= 0.3 is 0 Å². The van der Waals surface area contributed by atoms with Crippen LogP contribution in [0.15, 0.2) is 24.3 Å². The summed E-state index contributed by atoms with van der Waals surface area (Å²) >= 11 is 3.62. The lowest BCUT2D eigenvalue weighted by Crippen LogP contribution is -2.58. The number of aliphatic hydroxyl groups is 5. The van der Waals surface area contributed by atoms with Gasteiger partial charge in [0.05, 0.1) is 13.2 Å². The van der Waals surface area contributed by atoms with E-state index in [0.29, 0.717) is 5.75 Å². The molecule has 0 aliphatic carbocycles. The zero-order chi connectivity index (χ0) is 19.6. The molecule has 2 fully saturated rings. The smallest absolute Gasteiger partial charge is 0.186 e. The Labute approximate surface area is 174 Å². The summed E-state index contributed by atoms with van der Waals surface area (Å²) in [6.07, 6.45) is -8.68. The molecule has 2 aliphatic rings. The topological polar surface area (TPSA) is 129 Å². The number of rotatable bonds is 5. The molecule has 2 heterocycles. The van der Waals surface area contributed by atoms with E-state index in [1.54, 1.807) is 0 Å². The second kappa shape index (κ2) is 9.65. The lowest BCUT2D eigenvalue weighted by Gasteiger charge is -2.41. The van der Waals surface area contributed by atoms with Gasteiger partial charge in [-0.15, -0.1) is 11.8 Å². The first kappa shape index (κ1) is 21.7. The molecule has 0 radical (unpaired) electrons. The number of aliphatic hydroxyl groups excluding tert-OH is 5. The van der Waals surface area contributed by atoms with E-state index in [0.717, 1.165) is 9.13 Å². The van der Waals surface area contributed by atoms with Crippen molar-refractivity contribution in [2.45, 2.75) is 54.1 Å². The summed E-state index contributed by atoms with van der Waals surface area (Å²) in [5.74, 6) is 0.619. The summed E-state index contributed by atoms with van der Waals surface area (Å²) < 4.78 is 17.4. The van der Waals surface area contributed by atoms with Crippen LogP contribution in [0.3, 0.4) is 0 Å². The van der Waals surface area contributed by atoms with E-state index in [9.17, 15) is 25.5 Å². The number of hydrogen-bond acceptors (Lipinski definition) is 9. The van der Waals surface area contributed by atoms with Crippen molar-refractivity contribution in [1.29, 1.82) is 0 Å². The van der Waals surface area contributed by atoms with Gasteiger partial charge in [-0.2, -0.15) is 0 Å². The van der Waals surface area contributed by atoms with Crippen molar-refractivity contribution < 1.29 is 39.7 Å². The lowest BCUT2D eigenvalue weighted by molar-refractivity contribution is -0.306. The monoisotopic (exact) mass is 514 g/mol. The molecule has 152 valence electrons. The molecule has 0 bridgehead atoms. The maximum atomic E-state index is 10.4. The zero-order valence-electron chi connectivity index (χ0n) is 14.3. The van der Waals surface area contributed by atoms with Crippen molar-refractivity contribution in [2.75, 3.05) is 13.2 Å². The van der Waals surface area contributed by atoms with E-state index in [4.69, 9.17) is 14.2 Å². The molecule has 1 aromatic rings. The Bertz CT molecular complexity index is 622. The number of ether oxygens (including phenoxy) is 3. The average molecular weight is 514 g/mol. The first-order chi connectivity index (χ1) is 12.9. The van der Waals surface area contributed by atoms with Crippen LogP contribution < -0.4 is 0 Å². The number of hydrogen-bond donors (Lipinski definition) is 5. The van der Waals surface area contributed by atoms with Gasteiger partial charge in [0.1, 0.15) is 42.1 Å². The van der Waals surface area contributed by atoms with Gasteiger partial charge in [-0.1, -0.05) is 18.2 Å². The molecular weight excluding hydrogens is 491 g/mol. The van der Waals surface area contributed by atoms with Gasteiger partial charge in [0, 0.05) is 9.32 Å². The Morgan fingerprint density at radius 2 is 1.70 bits per heavy atom. The van der Waals surface area contributed by atoms with Crippen molar-refractivity contribution in [2.24, 2.45) is 0 Å². The molecule has 3 rings (SSSR count). The third-order valence-corrected chi connectivity index (χ3v) is 6.83. The van der Waals surface area contributed by atoms with Gasteiger partial charge in [-0.25, -0.2) is 0 Å². The second-order valence-corrected chi connectivity index (χ2v) is 8.76. The summed E-state index contributed by atoms with van der Waals surface area (Å²) in [7, 11) is 0. The molecule has 0 amide bonds. The van der Waals surface area contributed by atoms with Crippen LogP contribution in [0.25, 0.3) is 0 Å². The van der Waals surface area contributed by atoms with Gasteiger partial charge < -0.3 is 39.7 Å².